The Kier molecular flexibility index (Phi) is 7.03. The first-order chi connectivity index (χ1) is 24.7. The van der Waals surface area contributed by atoms with Gasteiger partial charge in [0, 0.05) is 22.4 Å². The molecule has 1 heteroatoms. The Bertz CT molecular complexity index is 2400. The fourth-order valence-corrected chi connectivity index (χ4v) is 8.98. The van der Waals surface area contributed by atoms with Crippen LogP contribution < -0.4 is 5.32 Å². The maximum Gasteiger partial charge on any atom is 0.0714 e. The molecule has 0 heterocycles. The van der Waals surface area contributed by atoms with Crippen molar-refractivity contribution in [1.29, 1.82) is 0 Å². The van der Waals surface area contributed by atoms with Gasteiger partial charge in [0.15, 0.2) is 0 Å². The van der Waals surface area contributed by atoms with Crippen LogP contribution in [-0.4, -0.2) is 0 Å². The van der Waals surface area contributed by atoms with Crippen molar-refractivity contribution in [1.82, 2.24) is 0 Å². The monoisotopic (exact) mass is 657 g/mol. The summed E-state index contributed by atoms with van der Waals surface area (Å²) in [5.74, 6) is 0. The molecule has 1 N–H and O–H groups in total. The summed E-state index contributed by atoms with van der Waals surface area (Å²) in [5.41, 5.74) is 18.9. The average Bonchev–Trinajstić information content (AvgIpc) is 3.58. The lowest BCUT2D eigenvalue weighted by Crippen LogP contribution is -2.28. The number of hydrogen-bond donors (Lipinski definition) is 1. The van der Waals surface area contributed by atoms with Crippen molar-refractivity contribution >= 4 is 11.4 Å². The summed E-state index contributed by atoms with van der Waals surface area (Å²) in [6.45, 7) is 11.7. The summed E-state index contributed by atoms with van der Waals surface area (Å²) in [6.07, 6.45) is 0. The van der Waals surface area contributed by atoms with Gasteiger partial charge in [-0.05, 0) is 90.4 Å². The zero-order chi connectivity index (χ0) is 35.0. The van der Waals surface area contributed by atoms with E-state index in [4.69, 9.17) is 0 Å². The van der Waals surface area contributed by atoms with Crippen molar-refractivity contribution in [3.8, 4) is 33.4 Å². The molecule has 248 valence electrons. The Morgan fingerprint density at radius 3 is 1.71 bits per heavy atom. The summed E-state index contributed by atoms with van der Waals surface area (Å²) in [4.78, 5) is 0. The number of fused-ring (bicyclic) bond motifs is 6. The van der Waals surface area contributed by atoms with Crippen LogP contribution >= 0.6 is 0 Å². The molecule has 0 atom stereocenters. The average molecular weight is 658 g/mol. The molecule has 51 heavy (non-hydrogen) atoms. The predicted molar refractivity (Wildman–Crippen MR) is 215 cm³/mol. The molecule has 1 nitrogen and oxygen atoms in total. The van der Waals surface area contributed by atoms with Gasteiger partial charge in [-0.1, -0.05) is 180 Å². The van der Waals surface area contributed by atoms with Crippen LogP contribution in [-0.2, 0) is 16.2 Å². The second-order valence-corrected chi connectivity index (χ2v) is 15.8. The fourth-order valence-electron chi connectivity index (χ4n) is 8.98. The van der Waals surface area contributed by atoms with Crippen LogP contribution in [0.3, 0.4) is 0 Å². The van der Waals surface area contributed by atoms with Crippen molar-refractivity contribution in [2.75, 3.05) is 5.32 Å². The molecule has 0 saturated carbocycles. The SMILES string of the molecule is CC(C)(C)c1ccc2c(c1)C(C)(C)c1cccc(-c3ccccc3Nc3ccc4c(c3)C(c3ccccc3)(c3ccccc3)c3ccccc3-4)c1-2. The lowest BCUT2D eigenvalue weighted by atomic mass is 9.67. The topological polar surface area (TPSA) is 12.0 Å². The van der Waals surface area contributed by atoms with Gasteiger partial charge in [0.25, 0.3) is 0 Å². The minimum Gasteiger partial charge on any atom is -0.355 e. The molecular formula is C50H43N. The largest absolute Gasteiger partial charge is 0.355 e. The molecule has 0 unspecified atom stereocenters. The molecule has 7 aromatic carbocycles. The van der Waals surface area contributed by atoms with Crippen LogP contribution in [0.15, 0.2) is 164 Å². The van der Waals surface area contributed by atoms with Gasteiger partial charge >= 0.3 is 0 Å². The Morgan fingerprint density at radius 1 is 0.431 bits per heavy atom. The van der Waals surface area contributed by atoms with Crippen molar-refractivity contribution < 1.29 is 0 Å². The molecule has 0 radical (unpaired) electrons. The summed E-state index contributed by atoms with van der Waals surface area (Å²) in [6, 6.07) is 60.8. The first-order valence-corrected chi connectivity index (χ1v) is 18.2. The van der Waals surface area contributed by atoms with Crippen molar-refractivity contribution in [3.05, 3.63) is 203 Å². The maximum absolute atomic E-state index is 3.93. The molecule has 9 rings (SSSR count). The summed E-state index contributed by atoms with van der Waals surface area (Å²) >= 11 is 0. The molecule has 0 amide bonds. The van der Waals surface area contributed by atoms with Crippen LogP contribution in [0.2, 0.25) is 0 Å². The second kappa shape index (κ2) is 11.4. The van der Waals surface area contributed by atoms with Crippen molar-refractivity contribution in [3.63, 3.8) is 0 Å². The zero-order valence-corrected chi connectivity index (χ0v) is 30.1. The predicted octanol–water partition coefficient (Wildman–Crippen LogP) is 13.1. The van der Waals surface area contributed by atoms with Gasteiger partial charge in [-0.2, -0.15) is 0 Å². The molecule has 0 saturated heterocycles. The van der Waals surface area contributed by atoms with Crippen LogP contribution in [0.1, 0.15) is 73.6 Å². The van der Waals surface area contributed by atoms with E-state index in [0.29, 0.717) is 0 Å². The third kappa shape index (κ3) is 4.68. The lowest BCUT2D eigenvalue weighted by molar-refractivity contribution is 0.584. The van der Waals surface area contributed by atoms with Crippen molar-refractivity contribution in [2.24, 2.45) is 0 Å². The second-order valence-electron chi connectivity index (χ2n) is 15.8. The fraction of sp³-hybridized carbons (Fsp3) is 0.160. The molecule has 7 aromatic rings. The number of para-hydroxylation sites is 1. The standard InChI is InChI=1S/C50H43N/c1-48(2,3)35-27-29-41-44(31-35)49(4,5)43-25-16-23-40(47(41)43)39-22-13-15-26-46(39)51-36-28-30-38-37-21-12-14-24-42(37)50(45(38)32-36,33-17-8-6-9-18-33)34-19-10-7-11-20-34/h6-32,51H,1-5H3. The summed E-state index contributed by atoms with van der Waals surface area (Å²) < 4.78 is 0. The molecule has 0 aliphatic heterocycles. The third-order valence-electron chi connectivity index (χ3n) is 11.5. The molecular weight excluding hydrogens is 615 g/mol. The minimum atomic E-state index is -0.437. The summed E-state index contributed by atoms with van der Waals surface area (Å²) in [7, 11) is 0. The molecule has 0 bridgehead atoms. The smallest absolute Gasteiger partial charge is 0.0714 e. The van der Waals surface area contributed by atoms with E-state index >= 15 is 0 Å². The van der Waals surface area contributed by atoms with Crippen LogP contribution in [0.25, 0.3) is 33.4 Å². The first-order valence-electron chi connectivity index (χ1n) is 18.2. The highest BCUT2D eigenvalue weighted by molar-refractivity contribution is 5.97. The Balaban J connectivity index is 1.20. The Hall–Kier alpha value is -5.66. The normalized spacial score (nSPS) is 14.7. The minimum absolute atomic E-state index is 0.0858. The third-order valence-corrected chi connectivity index (χ3v) is 11.5. The molecule has 0 aromatic heterocycles. The number of hydrogen-bond acceptors (Lipinski definition) is 1. The lowest BCUT2D eigenvalue weighted by Gasteiger charge is -2.34. The highest BCUT2D eigenvalue weighted by Crippen LogP contribution is 2.57. The van der Waals surface area contributed by atoms with E-state index in [1.807, 2.05) is 0 Å². The molecule has 0 spiro atoms. The van der Waals surface area contributed by atoms with E-state index in [1.54, 1.807) is 0 Å². The quantitative estimate of drug-likeness (QED) is 0.194. The van der Waals surface area contributed by atoms with E-state index in [2.05, 4.69) is 204 Å². The van der Waals surface area contributed by atoms with Gasteiger partial charge < -0.3 is 5.32 Å². The van der Waals surface area contributed by atoms with Gasteiger partial charge in [0.2, 0.25) is 0 Å². The van der Waals surface area contributed by atoms with Gasteiger partial charge in [0.1, 0.15) is 0 Å². The van der Waals surface area contributed by atoms with E-state index in [1.165, 1.54) is 72.3 Å². The number of anilines is 2. The van der Waals surface area contributed by atoms with Gasteiger partial charge in [-0.15, -0.1) is 0 Å². The highest BCUT2D eigenvalue weighted by Gasteiger charge is 2.46. The van der Waals surface area contributed by atoms with Crippen LogP contribution in [0.5, 0.6) is 0 Å². The van der Waals surface area contributed by atoms with Gasteiger partial charge in [0.05, 0.1) is 5.41 Å². The zero-order valence-electron chi connectivity index (χ0n) is 30.1. The van der Waals surface area contributed by atoms with Gasteiger partial charge in [-0.3, -0.25) is 0 Å². The van der Waals surface area contributed by atoms with E-state index in [0.717, 1.165) is 11.4 Å². The van der Waals surface area contributed by atoms with Gasteiger partial charge in [-0.25, -0.2) is 0 Å². The highest BCUT2D eigenvalue weighted by atomic mass is 14.9. The summed E-state index contributed by atoms with van der Waals surface area (Å²) in [5, 5.41) is 3.93. The number of nitrogens with one attached hydrogen (secondary N) is 1. The maximum atomic E-state index is 3.93. The Morgan fingerprint density at radius 2 is 1.00 bits per heavy atom. The molecule has 2 aliphatic carbocycles. The molecule has 2 aliphatic rings. The van der Waals surface area contributed by atoms with E-state index in [-0.39, 0.29) is 10.8 Å². The Labute approximate surface area is 302 Å². The van der Waals surface area contributed by atoms with Crippen LogP contribution in [0.4, 0.5) is 11.4 Å². The first kappa shape index (κ1) is 31.3. The van der Waals surface area contributed by atoms with E-state index < -0.39 is 5.41 Å². The number of benzene rings is 7. The molecule has 0 fully saturated rings. The number of rotatable bonds is 5. The van der Waals surface area contributed by atoms with Crippen molar-refractivity contribution in [2.45, 2.75) is 50.9 Å². The van der Waals surface area contributed by atoms with E-state index in [9.17, 15) is 0 Å². The van der Waals surface area contributed by atoms with Crippen LogP contribution in [0, 0.1) is 0 Å².